The first kappa shape index (κ1) is 79.1. The maximum atomic E-state index is 12.9. The van der Waals surface area contributed by atoms with Gasteiger partial charge >= 0.3 is 17.9 Å². The molecule has 0 saturated carbocycles. The van der Waals surface area contributed by atoms with Gasteiger partial charge in [-0.05, 0) is 109 Å². The van der Waals surface area contributed by atoms with E-state index < -0.39 is 6.10 Å². The second kappa shape index (κ2) is 70.6. The number of carbonyl (C=O) groups is 3. The standard InChI is InChI=1S/C76H138O6/c1-4-7-10-13-16-19-22-25-28-30-32-34-35-36-37-38-39-40-41-43-44-46-48-51-54-57-60-63-66-69-75(78)81-72-73(71-80-74(77)68-65-62-59-56-53-50-27-24-21-18-15-12-9-6-3)82-76(79)70-67-64-61-58-55-52-49-47-45-42-33-31-29-26-23-20-17-14-11-8-5-2/h23-24,26-27,30-33,45,47,73H,4-22,25,28-29,34-44,46,48-72H2,1-3H3/b26-23-,27-24-,32-30-,33-31-,47-45-. The van der Waals surface area contributed by atoms with Gasteiger partial charge in [0, 0.05) is 19.3 Å². The lowest BCUT2D eigenvalue weighted by Gasteiger charge is -2.18. The highest BCUT2D eigenvalue weighted by Crippen LogP contribution is 2.18. The van der Waals surface area contributed by atoms with Crippen LogP contribution in [-0.4, -0.2) is 37.2 Å². The highest BCUT2D eigenvalue weighted by atomic mass is 16.6. The Hall–Kier alpha value is -2.89. The summed E-state index contributed by atoms with van der Waals surface area (Å²) in [4.78, 5) is 38.4. The molecule has 0 aromatic carbocycles. The normalized spacial score (nSPS) is 12.4. The lowest BCUT2D eigenvalue weighted by atomic mass is 10.0. The smallest absolute Gasteiger partial charge is 0.306 e. The van der Waals surface area contributed by atoms with Crippen molar-refractivity contribution in [3.05, 3.63) is 60.8 Å². The number of rotatable bonds is 67. The van der Waals surface area contributed by atoms with Gasteiger partial charge in [0.15, 0.2) is 6.10 Å². The minimum Gasteiger partial charge on any atom is -0.462 e. The first-order valence-electron chi connectivity index (χ1n) is 36.3. The third-order valence-corrected chi connectivity index (χ3v) is 16.2. The number of esters is 3. The van der Waals surface area contributed by atoms with Crippen molar-refractivity contribution in [2.24, 2.45) is 0 Å². The predicted molar refractivity (Wildman–Crippen MR) is 358 cm³/mol. The van der Waals surface area contributed by atoms with Crippen LogP contribution in [0.4, 0.5) is 0 Å². The quantitative estimate of drug-likeness (QED) is 0.0261. The van der Waals surface area contributed by atoms with E-state index in [9.17, 15) is 14.4 Å². The molecule has 0 aliphatic heterocycles. The molecule has 478 valence electrons. The van der Waals surface area contributed by atoms with E-state index in [1.807, 2.05) is 0 Å². The maximum absolute atomic E-state index is 12.9. The van der Waals surface area contributed by atoms with Crippen LogP contribution in [0, 0.1) is 0 Å². The van der Waals surface area contributed by atoms with Crippen LogP contribution in [0.15, 0.2) is 60.8 Å². The molecule has 0 aliphatic carbocycles. The fraction of sp³-hybridized carbons (Fsp3) is 0.829. The molecule has 6 heteroatoms. The molecule has 0 bridgehead atoms. The zero-order valence-corrected chi connectivity index (χ0v) is 55.0. The molecule has 0 aliphatic rings. The predicted octanol–water partition coefficient (Wildman–Crippen LogP) is 25.1. The summed E-state index contributed by atoms with van der Waals surface area (Å²) in [6, 6.07) is 0. The summed E-state index contributed by atoms with van der Waals surface area (Å²) in [5.74, 6) is -0.878. The molecule has 0 aromatic heterocycles. The molecular weight excluding hydrogens is 1010 g/mol. The Morgan fingerprint density at radius 2 is 0.439 bits per heavy atom. The summed E-state index contributed by atoms with van der Waals surface area (Å²) in [5, 5.41) is 0. The van der Waals surface area contributed by atoms with Crippen LogP contribution in [0.2, 0.25) is 0 Å². The number of hydrogen-bond donors (Lipinski definition) is 0. The van der Waals surface area contributed by atoms with Gasteiger partial charge in [-0.1, -0.05) is 319 Å². The highest BCUT2D eigenvalue weighted by molar-refractivity contribution is 5.71. The van der Waals surface area contributed by atoms with Crippen molar-refractivity contribution in [1.82, 2.24) is 0 Å². The Morgan fingerprint density at radius 3 is 0.695 bits per heavy atom. The van der Waals surface area contributed by atoms with E-state index in [4.69, 9.17) is 14.2 Å². The van der Waals surface area contributed by atoms with E-state index >= 15 is 0 Å². The third-order valence-electron chi connectivity index (χ3n) is 16.2. The van der Waals surface area contributed by atoms with Gasteiger partial charge in [0.05, 0.1) is 0 Å². The first-order chi connectivity index (χ1) is 40.5. The molecule has 0 aromatic rings. The zero-order chi connectivity index (χ0) is 59.2. The minimum absolute atomic E-state index is 0.0791. The van der Waals surface area contributed by atoms with Crippen molar-refractivity contribution in [2.75, 3.05) is 13.2 Å². The molecule has 82 heavy (non-hydrogen) atoms. The van der Waals surface area contributed by atoms with Gasteiger partial charge in [-0.2, -0.15) is 0 Å². The Bertz CT molecular complexity index is 1460. The van der Waals surface area contributed by atoms with Gasteiger partial charge in [0.25, 0.3) is 0 Å². The van der Waals surface area contributed by atoms with Crippen LogP contribution in [0.3, 0.4) is 0 Å². The van der Waals surface area contributed by atoms with Crippen molar-refractivity contribution >= 4 is 17.9 Å². The Balaban J connectivity index is 4.25. The molecule has 0 N–H and O–H groups in total. The summed E-state index contributed by atoms with van der Waals surface area (Å²) in [6.45, 7) is 6.66. The molecule has 0 amide bonds. The van der Waals surface area contributed by atoms with Gasteiger partial charge in [-0.3, -0.25) is 14.4 Å². The Kier molecular flexibility index (Phi) is 68.1. The molecule has 0 heterocycles. The fourth-order valence-corrected chi connectivity index (χ4v) is 10.7. The molecule has 1 unspecified atom stereocenters. The van der Waals surface area contributed by atoms with Gasteiger partial charge in [-0.25, -0.2) is 0 Å². The van der Waals surface area contributed by atoms with Gasteiger partial charge < -0.3 is 14.2 Å². The van der Waals surface area contributed by atoms with Crippen LogP contribution in [-0.2, 0) is 28.6 Å². The van der Waals surface area contributed by atoms with E-state index in [0.717, 1.165) is 89.9 Å². The summed E-state index contributed by atoms with van der Waals surface area (Å²) < 4.78 is 17.0. The summed E-state index contributed by atoms with van der Waals surface area (Å²) in [5.41, 5.74) is 0. The van der Waals surface area contributed by atoms with Crippen LogP contribution in [0.5, 0.6) is 0 Å². The lowest BCUT2D eigenvalue weighted by molar-refractivity contribution is -0.167. The van der Waals surface area contributed by atoms with Gasteiger partial charge in [-0.15, -0.1) is 0 Å². The van der Waals surface area contributed by atoms with E-state index in [0.29, 0.717) is 19.3 Å². The largest absolute Gasteiger partial charge is 0.462 e. The van der Waals surface area contributed by atoms with Crippen molar-refractivity contribution in [2.45, 2.75) is 393 Å². The van der Waals surface area contributed by atoms with Crippen LogP contribution < -0.4 is 0 Å². The second-order valence-electron chi connectivity index (χ2n) is 24.5. The van der Waals surface area contributed by atoms with Crippen LogP contribution in [0.1, 0.15) is 387 Å². The molecule has 0 spiro atoms. The second-order valence-corrected chi connectivity index (χ2v) is 24.5. The van der Waals surface area contributed by atoms with Gasteiger partial charge in [0.2, 0.25) is 0 Å². The van der Waals surface area contributed by atoms with Crippen molar-refractivity contribution in [3.63, 3.8) is 0 Å². The minimum atomic E-state index is -0.785. The summed E-state index contributed by atoms with van der Waals surface area (Å²) in [7, 11) is 0. The molecule has 0 saturated heterocycles. The van der Waals surface area contributed by atoms with E-state index in [2.05, 4.69) is 81.5 Å². The Labute approximate surface area is 510 Å². The zero-order valence-electron chi connectivity index (χ0n) is 55.0. The average molecular weight is 1150 g/mol. The number of carbonyl (C=O) groups excluding carboxylic acids is 3. The maximum Gasteiger partial charge on any atom is 0.306 e. The molecule has 0 radical (unpaired) electrons. The highest BCUT2D eigenvalue weighted by Gasteiger charge is 2.19. The SMILES string of the molecule is CCCCCCC/C=C\C/C=C\C/C=C\CCCCCCCCC(=O)OC(COC(=O)CCCCCCC/C=C\CCCCCCC)COC(=O)CCCCCCCCCCCCCCCCCCC/C=C\CCCCCCCCCC. The molecule has 0 fully saturated rings. The number of hydrogen-bond acceptors (Lipinski definition) is 6. The third kappa shape index (κ3) is 67.9. The molecule has 6 nitrogen and oxygen atoms in total. The number of ether oxygens (including phenoxy) is 3. The fourth-order valence-electron chi connectivity index (χ4n) is 10.7. The number of unbranched alkanes of at least 4 members (excludes halogenated alkanes) is 46. The summed E-state index contributed by atoms with van der Waals surface area (Å²) >= 11 is 0. The first-order valence-corrected chi connectivity index (χ1v) is 36.3. The van der Waals surface area contributed by atoms with Crippen molar-refractivity contribution in [3.8, 4) is 0 Å². The molecule has 1 atom stereocenters. The lowest BCUT2D eigenvalue weighted by Crippen LogP contribution is -2.30. The van der Waals surface area contributed by atoms with Crippen molar-refractivity contribution < 1.29 is 28.6 Å². The van der Waals surface area contributed by atoms with E-state index in [1.165, 1.54) is 257 Å². The molecular formula is C76H138O6. The number of allylic oxidation sites excluding steroid dienone is 10. The van der Waals surface area contributed by atoms with Crippen LogP contribution >= 0.6 is 0 Å². The topological polar surface area (TPSA) is 78.9 Å². The van der Waals surface area contributed by atoms with Crippen LogP contribution in [0.25, 0.3) is 0 Å². The van der Waals surface area contributed by atoms with Crippen molar-refractivity contribution in [1.29, 1.82) is 0 Å². The Morgan fingerprint density at radius 1 is 0.244 bits per heavy atom. The average Bonchev–Trinajstić information content (AvgIpc) is 3.47. The van der Waals surface area contributed by atoms with E-state index in [1.54, 1.807) is 0 Å². The van der Waals surface area contributed by atoms with E-state index in [-0.39, 0.29) is 31.1 Å². The monoisotopic (exact) mass is 1150 g/mol. The molecule has 0 rings (SSSR count). The van der Waals surface area contributed by atoms with Gasteiger partial charge in [0.1, 0.15) is 13.2 Å². The summed E-state index contributed by atoms with van der Waals surface area (Å²) in [6.07, 6.45) is 91.1.